The zero-order chi connectivity index (χ0) is 62.3. The minimum absolute atomic E-state index is 0.0649. The van der Waals surface area contributed by atoms with Crippen molar-refractivity contribution < 1.29 is 69.4 Å². The zero-order valence-corrected chi connectivity index (χ0v) is 52.8. The van der Waals surface area contributed by atoms with Gasteiger partial charge in [0.1, 0.15) is 30.8 Å². The number of thioether (sulfide) groups is 1. The molecule has 0 saturated heterocycles. The highest BCUT2D eigenvalue weighted by Gasteiger charge is 2.29. The number of aliphatic carboxylic acids is 3. The van der Waals surface area contributed by atoms with E-state index in [1.165, 1.54) is 148 Å². The summed E-state index contributed by atoms with van der Waals surface area (Å²) < 4.78 is 19.9. The second kappa shape index (κ2) is 56.7. The number of carbonyl (C=O) groups is 9. The third kappa shape index (κ3) is 51.7. The van der Waals surface area contributed by atoms with Crippen LogP contribution in [0.15, 0.2) is 0 Å². The minimum atomic E-state index is -1.68. The Kier molecular flexibility index (Phi) is 52.3. The lowest BCUT2D eigenvalue weighted by molar-refractivity contribution is -0.157. The largest absolute Gasteiger partial charge is 0.481 e. The molecule has 0 radical (unpaired) electrons. The number of esters is 2. The van der Waals surface area contributed by atoms with Gasteiger partial charge in [-0.05, 0) is 32.1 Å². The van der Waals surface area contributed by atoms with E-state index >= 15 is 0 Å². The highest BCUT2D eigenvalue weighted by Crippen LogP contribution is 2.18. The van der Waals surface area contributed by atoms with Crippen LogP contribution in [0.5, 0.6) is 0 Å². The number of hydrogen-bond donors (Lipinski definition) is 7. The molecule has 0 aromatic heterocycles. The monoisotopic (exact) mass is 1200 g/mol. The summed E-state index contributed by atoms with van der Waals surface area (Å²) in [6.07, 6.45) is 39.3. The lowest BCUT2D eigenvalue weighted by Gasteiger charge is -2.24. The number of carboxylic acids is 3. The SMILES string of the molecule is [2H]N(CC(=O)N[C@@H](CCC(=O)O)C(=O)O)C(=O)[C@@H](CCC(=O)O)NC(=O)C(CSC[C@@H](COC(=O)CCCCCCCCCCCCCCC)OC(=O)CCCCCCCCCCCCCCC)NC(=O)CCCCCCCCCCCCC. The Hall–Kier alpha value is -4.42. The summed E-state index contributed by atoms with van der Waals surface area (Å²) in [5.41, 5.74) is 0. The Bertz CT molecular complexity index is 1760. The highest BCUT2D eigenvalue weighted by atomic mass is 32.2. The molecular weight excluding hydrogens is 1080 g/mol. The fraction of sp³-hybridized carbons (Fsp3) is 0.859. The van der Waals surface area contributed by atoms with Crippen LogP contribution in [-0.4, -0.2) is 118 Å². The van der Waals surface area contributed by atoms with Gasteiger partial charge in [0, 0.05) is 43.6 Å². The maximum Gasteiger partial charge on any atom is 0.326 e. The first-order valence-corrected chi connectivity index (χ1v) is 34.0. The zero-order valence-electron chi connectivity index (χ0n) is 52.9. The van der Waals surface area contributed by atoms with Crippen LogP contribution in [0.3, 0.4) is 0 Å². The predicted octanol–water partition coefficient (Wildman–Crippen LogP) is 13.2. The molecule has 0 heterocycles. The van der Waals surface area contributed by atoms with Gasteiger partial charge in [-0.3, -0.25) is 38.4 Å². The minimum Gasteiger partial charge on any atom is -0.481 e. The average Bonchev–Trinajstić information content (AvgIpc) is 3.67. The number of carboxylic acid groups (broad SMARTS) is 3. The fourth-order valence-electron chi connectivity index (χ4n) is 9.73. The van der Waals surface area contributed by atoms with Crippen LogP contribution >= 0.6 is 11.8 Å². The summed E-state index contributed by atoms with van der Waals surface area (Å²) in [7, 11) is 0. The average molecular weight is 1200 g/mol. The van der Waals surface area contributed by atoms with E-state index in [1.54, 1.807) is 0 Å². The molecule has 4 atom stereocenters. The standard InChI is InChI=1S/C64H116N4O14S/c1-4-7-10-13-16-19-22-24-27-30-33-36-39-42-60(75)81-49-52(82-61(76)43-40-37-34-31-28-25-23-20-17-14-11-8-5-2)50-83-51-55(67-56(69)41-38-35-32-29-26-21-18-15-12-9-6-3)63(78)68-53(44-46-58(71)72)62(77)65-48-57(70)66-54(64(79)80)45-47-59(73)74/h52-55H,4-51H2,1-3H3,(H,65,77)(H,66,70)(H,67,69)(H,68,78)(H,71,72)(H,73,74)(H,79,80)/t52-,53-,54+,55?/m1/s1/i/hD. The first kappa shape index (κ1) is 76.6. The van der Waals surface area contributed by atoms with Gasteiger partial charge in [0.05, 0.1) is 6.54 Å². The van der Waals surface area contributed by atoms with Crippen molar-refractivity contribution in [2.75, 3.05) is 24.7 Å². The topological polar surface area (TPSA) is 281 Å². The van der Waals surface area contributed by atoms with Crippen molar-refractivity contribution in [2.45, 2.75) is 328 Å². The van der Waals surface area contributed by atoms with E-state index in [9.17, 15) is 53.4 Å². The molecule has 0 spiro atoms. The van der Waals surface area contributed by atoms with E-state index in [1.807, 2.05) is 0 Å². The van der Waals surface area contributed by atoms with Gasteiger partial charge < -0.3 is 46.1 Å². The van der Waals surface area contributed by atoms with E-state index in [0.29, 0.717) is 19.3 Å². The van der Waals surface area contributed by atoms with Gasteiger partial charge in [0.2, 0.25) is 23.6 Å². The van der Waals surface area contributed by atoms with Crippen LogP contribution < -0.4 is 21.3 Å². The molecule has 4 amide bonds. The summed E-state index contributed by atoms with van der Waals surface area (Å²) in [5, 5.41) is 35.5. The summed E-state index contributed by atoms with van der Waals surface area (Å²) >= 11 is 1.14. The molecule has 0 bridgehead atoms. The smallest absolute Gasteiger partial charge is 0.326 e. The van der Waals surface area contributed by atoms with Gasteiger partial charge in [-0.15, -0.1) is 0 Å². The van der Waals surface area contributed by atoms with Crippen molar-refractivity contribution in [1.29, 1.82) is 0 Å². The lowest BCUT2D eigenvalue weighted by atomic mass is 10.0. The van der Waals surface area contributed by atoms with Crippen molar-refractivity contribution in [3.05, 3.63) is 0 Å². The van der Waals surface area contributed by atoms with Crippen LogP contribution in [0.4, 0.5) is 0 Å². The van der Waals surface area contributed by atoms with E-state index in [-0.39, 0.29) is 42.7 Å². The van der Waals surface area contributed by atoms with Crippen molar-refractivity contribution in [2.24, 2.45) is 0 Å². The highest BCUT2D eigenvalue weighted by molar-refractivity contribution is 7.99. The molecule has 0 fully saturated rings. The molecule has 19 heteroatoms. The van der Waals surface area contributed by atoms with E-state index in [4.69, 9.17) is 16.0 Å². The Morgan fingerprint density at radius 2 is 0.759 bits per heavy atom. The molecule has 18 nitrogen and oxygen atoms in total. The van der Waals surface area contributed by atoms with Crippen molar-refractivity contribution in [3.8, 4) is 0 Å². The molecule has 1 unspecified atom stereocenters. The summed E-state index contributed by atoms with van der Waals surface area (Å²) in [6, 6.07) is -4.63. The number of nitrogens with one attached hydrogen (secondary N) is 4. The Balaban J connectivity index is 6.02. The molecule has 0 rings (SSSR count). The number of hydrogen-bond acceptors (Lipinski definition) is 12. The van der Waals surface area contributed by atoms with Gasteiger partial charge in [0.15, 0.2) is 1.41 Å². The van der Waals surface area contributed by atoms with Crippen LogP contribution in [0.2, 0.25) is 1.41 Å². The fourth-order valence-corrected chi connectivity index (χ4v) is 10.8. The first-order valence-electron chi connectivity index (χ1n) is 33.3. The molecule has 0 aliphatic rings. The van der Waals surface area contributed by atoms with Gasteiger partial charge in [-0.2, -0.15) is 11.8 Å². The second-order valence-electron chi connectivity index (χ2n) is 22.8. The Labute approximate surface area is 506 Å². The number of ether oxygens (including phenoxy) is 2. The van der Waals surface area contributed by atoms with Crippen molar-refractivity contribution in [3.63, 3.8) is 0 Å². The maximum absolute atomic E-state index is 14.2. The first-order chi connectivity index (χ1) is 40.5. The lowest BCUT2D eigenvalue weighted by Crippen LogP contribution is -2.55. The van der Waals surface area contributed by atoms with E-state index in [2.05, 4.69) is 36.7 Å². The molecular formula is C64H116N4O14S. The molecule has 0 aromatic carbocycles. The number of unbranched alkanes of at least 4 members (excludes halogenated alkanes) is 34. The Morgan fingerprint density at radius 1 is 0.398 bits per heavy atom. The molecule has 0 saturated carbocycles. The molecule has 7 N–H and O–H groups in total. The summed E-state index contributed by atoms with van der Waals surface area (Å²) in [4.78, 5) is 115. The predicted molar refractivity (Wildman–Crippen MR) is 330 cm³/mol. The van der Waals surface area contributed by atoms with E-state index < -0.39 is 110 Å². The van der Waals surface area contributed by atoms with E-state index in [0.717, 1.165) is 82.4 Å². The van der Waals surface area contributed by atoms with Crippen molar-refractivity contribution >= 4 is 65.2 Å². The van der Waals surface area contributed by atoms with Gasteiger partial charge in [-0.25, -0.2) is 4.79 Å². The van der Waals surface area contributed by atoms with Crippen LogP contribution in [0, 0.1) is 0 Å². The third-order valence-corrected chi connectivity index (χ3v) is 16.0. The van der Waals surface area contributed by atoms with Gasteiger partial charge >= 0.3 is 29.8 Å². The van der Waals surface area contributed by atoms with Crippen LogP contribution in [0.25, 0.3) is 0 Å². The van der Waals surface area contributed by atoms with Crippen LogP contribution in [-0.2, 0) is 52.6 Å². The number of amides is 4. The number of rotatable bonds is 61. The normalized spacial score (nSPS) is 12.8. The summed E-state index contributed by atoms with van der Waals surface area (Å²) in [6.45, 7) is 5.39. The number of carbonyl (C=O) groups excluding carboxylic acids is 6. The second-order valence-corrected chi connectivity index (χ2v) is 23.8. The van der Waals surface area contributed by atoms with Gasteiger partial charge in [-0.1, -0.05) is 239 Å². The van der Waals surface area contributed by atoms with Gasteiger partial charge in [0.25, 0.3) is 0 Å². The quantitative estimate of drug-likeness (QED) is 0.0220. The van der Waals surface area contributed by atoms with Crippen molar-refractivity contribution in [1.82, 2.24) is 21.3 Å². The molecule has 83 heavy (non-hydrogen) atoms. The molecule has 0 aliphatic heterocycles. The molecule has 0 aliphatic carbocycles. The summed E-state index contributed by atoms with van der Waals surface area (Å²) in [5.74, 6) is -8.74. The maximum atomic E-state index is 14.2. The third-order valence-electron chi connectivity index (χ3n) is 14.9. The molecule has 482 valence electrons. The Morgan fingerprint density at radius 3 is 1.16 bits per heavy atom. The molecule has 0 aromatic rings. The van der Waals surface area contributed by atoms with Crippen LogP contribution in [0.1, 0.15) is 303 Å².